The summed E-state index contributed by atoms with van der Waals surface area (Å²) in [6.45, 7) is 9.30. The molecule has 0 aliphatic rings. The molecule has 0 bridgehead atoms. The lowest BCUT2D eigenvalue weighted by atomic mass is 9.87. The maximum Gasteiger partial charge on any atom is 0.258 e. The molecule has 0 fully saturated rings. The Balaban J connectivity index is 2.27. The minimum absolute atomic E-state index is 0.0597. The number of nitrogens with zero attached hydrogens (tertiary/aromatic N) is 1. The second-order valence-electron chi connectivity index (χ2n) is 6.82. The van der Waals surface area contributed by atoms with E-state index in [-0.39, 0.29) is 11.3 Å². The SMILES string of the molecule is CCN(C(=O)c1cccc(CC(C)(C)C)c1)c1ccccc1. The summed E-state index contributed by atoms with van der Waals surface area (Å²) in [5, 5.41) is 0. The van der Waals surface area contributed by atoms with Gasteiger partial charge in [0.2, 0.25) is 0 Å². The molecule has 0 atom stereocenters. The van der Waals surface area contributed by atoms with Crippen LogP contribution in [0.3, 0.4) is 0 Å². The Morgan fingerprint density at radius 3 is 2.27 bits per heavy atom. The Kier molecular flexibility index (Phi) is 5.02. The van der Waals surface area contributed by atoms with E-state index in [1.807, 2.05) is 60.4 Å². The van der Waals surface area contributed by atoms with Gasteiger partial charge in [0.25, 0.3) is 5.91 Å². The van der Waals surface area contributed by atoms with Gasteiger partial charge < -0.3 is 4.90 Å². The summed E-state index contributed by atoms with van der Waals surface area (Å²) < 4.78 is 0. The number of carbonyl (C=O) groups is 1. The highest BCUT2D eigenvalue weighted by Gasteiger charge is 2.17. The van der Waals surface area contributed by atoms with Crippen molar-refractivity contribution >= 4 is 11.6 Å². The second-order valence-corrected chi connectivity index (χ2v) is 6.82. The molecule has 0 N–H and O–H groups in total. The van der Waals surface area contributed by atoms with Gasteiger partial charge in [0.1, 0.15) is 0 Å². The van der Waals surface area contributed by atoms with Crippen LogP contribution in [0.15, 0.2) is 54.6 Å². The van der Waals surface area contributed by atoms with Crippen LogP contribution in [0.25, 0.3) is 0 Å². The van der Waals surface area contributed by atoms with E-state index in [1.165, 1.54) is 5.56 Å². The van der Waals surface area contributed by atoms with Gasteiger partial charge in [-0.2, -0.15) is 0 Å². The minimum Gasteiger partial charge on any atom is -0.309 e. The van der Waals surface area contributed by atoms with E-state index in [0.717, 1.165) is 17.7 Å². The molecule has 0 saturated carbocycles. The van der Waals surface area contributed by atoms with Crippen molar-refractivity contribution < 1.29 is 4.79 Å². The predicted molar refractivity (Wildman–Crippen MR) is 93.4 cm³/mol. The van der Waals surface area contributed by atoms with Crippen molar-refractivity contribution in [2.75, 3.05) is 11.4 Å². The van der Waals surface area contributed by atoms with Crippen LogP contribution in [0.2, 0.25) is 0 Å². The lowest BCUT2D eigenvalue weighted by Crippen LogP contribution is -2.30. The first-order chi connectivity index (χ1) is 10.4. The van der Waals surface area contributed by atoms with Crippen LogP contribution in [0.1, 0.15) is 43.6 Å². The molecule has 2 aromatic rings. The van der Waals surface area contributed by atoms with E-state index in [2.05, 4.69) is 26.8 Å². The molecule has 2 rings (SSSR count). The molecule has 0 radical (unpaired) electrons. The van der Waals surface area contributed by atoms with Crippen LogP contribution in [-0.2, 0) is 6.42 Å². The van der Waals surface area contributed by atoms with Gasteiger partial charge in [-0.3, -0.25) is 4.79 Å². The molecule has 22 heavy (non-hydrogen) atoms. The van der Waals surface area contributed by atoms with Crippen molar-refractivity contribution in [2.45, 2.75) is 34.1 Å². The normalized spacial score (nSPS) is 11.3. The molecular formula is C20H25NO. The Morgan fingerprint density at radius 2 is 1.68 bits per heavy atom. The molecule has 0 saturated heterocycles. The number of hydrogen-bond acceptors (Lipinski definition) is 1. The minimum atomic E-state index is 0.0597. The summed E-state index contributed by atoms with van der Waals surface area (Å²) in [5.41, 5.74) is 3.12. The second kappa shape index (κ2) is 6.78. The maximum atomic E-state index is 12.8. The molecule has 2 aromatic carbocycles. The number of carbonyl (C=O) groups excluding carboxylic acids is 1. The first-order valence-electron chi connectivity index (χ1n) is 7.86. The van der Waals surface area contributed by atoms with Crippen LogP contribution in [0.5, 0.6) is 0 Å². The smallest absolute Gasteiger partial charge is 0.258 e. The Bertz CT molecular complexity index is 626. The molecule has 0 spiro atoms. The van der Waals surface area contributed by atoms with Crippen molar-refractivity contribution in [2.24, 2.45) is 5.41 Å². The number of amides is 1. The zero-order valence-corrected chi connectivity index (χ0v) is 14.0. The number of para-hydroxylation sites is 1. The van der Waals surface area contributed by atoms with Crippen LogP contribution in [0, 0.1) is 5.41 Å². The molecular weight excluding hydrogens is 270 g/mol. The summed E-state index contributed by atoms with van der Waals surface area (Å²) >= 11 is 0. The summed E-state index contributed by atoms with van der Waals surface area (Å²) in [4.78, 5) is 14.6. The topological polar surface area (TPSA) is 20.3 Å². The monoisotopic (exact) mass is 295 g/mol. The van der Waals surface area contributed by atoms with Gasteiger partial charge in [-0.25, -0.2) is 0 Å². The standard InChI is InChI=1S/C20H25NO/c1-5-21(18-12-7-6-8-13-18)19(22)17-11-9-10-16(14-17)15-20(2,3)4/h6-14H,5,15H2,1-4H3. The number of rotatable bonds is 4. The van der Waals surface area contributed by atoms with Gasteiger partial charge in [-0.05, 0) is 48.6 Å². The molecule has 0 aliphatic heterocycles. The molecule has 2 nitrogen and oxygen atoms in total. The fourth-order valence-corrected chi connectivity index (χ4v) is 2.63. The van der Waals surface area contributed by atoms with Crippen LogP contribution in [-0.4, -0.2) is 12.5 Å². The van der Waals surface area contributed by atoms with E-state index >= 15 is 0 Å². The highest BCUT2D eigenvalue weighted by molar-refractivity contribution is 6.06. The fourth-order valence-electron chi connectivity index (χ4n) is 2.63. The summed E-state index contributed by atoms with van der Waals surface area (Å²) in [7, 11) is 0. The van der Waals surface area contributed by atoms with E-state index in [0.29, 0.717) is 6.54 Å². The van der Waals surface area contributed by atoms with Gasteiger partial charge >= 0.3 is 0 Å². The van der Waals surface area contributed by atoms with Gasteiger partial charge in [0, 0.05) is 17.8 Å². The average molecular weight is 295 g/mol. The quantitative estimate of drug-likeness (QED) is 0.782. The fraction of sp³-hybridized carbons (Fsp3) is 0.350. The summed E-state index contributed by atoms with van der Waals surface area (Å²) in [6.07, 6.45) is 0.964. The van der Waals surface area contributed by atoms with E-state index in [1.54, 1.807) is 0 Å². The zero-order chi connectivity index (χ0) is 16.2. The summed E-state index contributed by atoms with van der Waals surface area (Å²) in [5.74, 6) is 0.0597. The number of benzene rings is 2. The van der Waals surface area contributed by atoms with Gasteiger partial charge in [-0.1, -0.05) is 51.1 Å². The van der Waals surface area contributed by atoms with Gasteiger partial charge in [0.15, 0.2) is 0 Å². The Hall–Kier alpha value is -2.09. The molecule has 0 heterocycles. The third kappa shape index (κ3) is 4.20. The van der Waals surface area contributed by atoms with Crippen LogP contribution < -0.4 is 4.90 Å². The third-order valence-electron chi connectivity index (χ3n) is 3.54. The first-order valence-corrected chi connectivity index (χ1v) is 7.86. The maximum absolute atomic E-state index is 12.8. The summed E-state index contributed by atoms with van der Waals surface area (Å²) in [6, 6.07) is 17.8. The molecule has 116 valence electrons. The molecule has 0 aliphatic carbocycles. The number of hydrogen-bond donors (Lipinski definition) is 0. The largest absolute Gasteiger partial charge is 0.309 e. The van der Waals surface area contributed by atoms with Crippen molar-refractivity contribution in [1.82, 2.24) is 0 Å². The van der Waals surface area contributed by atoms with Crippen molar-refractivity contribution in [3.8, 4) is 0 Å². The third-order valence-corrected chi connectivity index (χ3v) is 3.54. The molecule has 0 unspecified atom stereocenters. The Labute approximate surface area is 133 Å². The Morgan fingerprint density at radius 1 is 1.00 bits per heavy atom. The highest BCUT2D eigenvalue weighted by atomic mass is 16.2. The molecule has 1 amide bonds. The van der Waals surface area contributed by atoms with E-state index in [4.69, 9.17) is 0 Å². The van der Waals surface area contributed by atoms with Crippen LogP contribution >= 0.6 is 0 Å². The number of anilines is 1. The van der Waals surface area contributed by atoms with Crippen molar-refractivity contribution in [3.63, 3.8) is 0 Å². The van der Waals surface area contributed by atoms with Crippen molar-refractivity contribution in [3.05, 3.63) is 65.7 Å². The van der Waals surface area contributed by atoms with Gasteiger partial charge in [0.05, 0.1) is 0 Å². The highest BCUT2D eigenvalue weighted by Crippen LogP contribution is 2.22. The molecule has 0 aromatic heterocycles. The molecule has 2 heteroatoms. The lowest BCUT2D eigenvalue weighted by Gasteiger charge is -2.22. The van der Waals surface area contributed by atoms with Crippen LogP contribution in [0.4, 0.5) is 5.69 Å². The van der Waals surface area contributed by atoms with Crippen molar-refractivity contribution in [1.29, 1.82) is 0 Å². The van der Waals surface area contributed by atoms with E-state index < -0.39 is 0 Å². The lowest BCUT2D eigenvalue weighted by molar-refractivity contribution is 0.0988. The average Bonchev–Trinajstić information content (AvgIpc) is 2.47. The predicted octanol–water partition coefficient (Wildman–Crippen LogP) is 4.94. The van der Waals surface area contributed by atoms with E-state index in [9.17, 15) is 4.79 Å². The van der Waals surface area contributed by atoms with Gasteiger partial charge in [-0.15, -0.1) is 0 Å². The zero-order valence-electron chi connectivity index (χ0n) is 14.0. The first kappa shape index (κ1) is 16.3.